The van der Waals surface area contributed by atoms with Crippen molar-refractivity contribution in [2.75, 3.05) is 0 Å². The van der Waals surface area contributed by atoms with E-state index in [-0.39, 0.29) is 11.8 Å². The molecule has 4 nitrogen and oxygen atoms in total. The Balaban J connectivity index is 2.12. The number of amides is 1. The lowest BCUT2D eigenvalue weighted by Gasteiger charge is -2.10. The lowest BCUT2D eigenvalue weighted by atomic mass is 10.0. The van der Waals surface area contributed by atoms with Crippen LogP contribution >= 0.6 is 0 Å². The van der Waals surface area contributed by atoms with Crippen molar-refractivity contribution in [1.82, 2.24) is 9.97 Å². The maximum absolute atomic E-state index is 11.0. The topological polar surface area (TPSA) is 68.9 Å². The number of hydrogen-bond donors (Lipinski definition) is 1. The summed E-state index contributed by atoms with van der Waals surface area (Å²) in [5.41, 5.74) is 6.94. The van der Waals surface area contributed by atoms with Gasteiger partial charge >= 0.3 is 0 Å². The first kappa shape index (κ1) is 11.0. The second-order valence-electron chi connectivity index (χ2n) is 4.47. The molecule has 1 aromatic rings. The molecule has 1 heterocycles. The highest BCUT2D eigenvalue weighted by Crippen LogP contribution is 2.32. The fraction of sp³-hybridized carbons (Fsp3) is 0.583. The van der Waals surface area contributed by atoms with Gasteiger partial charge < -0.3 is 5.73 Å². The first-order valence-corrected chi connectivity index (χ1v) is 5.79. The molecule has 86 valence electrons. The third-order valence-electron chi connectivity index (χ3n) is 3.34. The van der Waals surface area contributed by atoms with Crippen molar-refractivity contribution in [1.29, 1.82) is 0 Å². The number of primary amides is 1. The van der Waals surface area contributed by atoms with Gasteiger partial charge in [-0.05, 0) is 19.8 Å². The Kier molecular flexibility index (Phi) is 3.17. The number of aromatic nitrogens is 2. The summed E-state index contributed by atoms with van der Waals surface area (Å²) in [5.74, 6) is -0.154. The van der Waals surface area contributed by atoms with Crippen LogP contribution < -0.4 is 5.73 Å². The zero-order valence-corrected chi connectivity index (χ0v) is 9.52. The van der Waals surface area contributed by atoms with E-state index in [0.29, 0.717) is 11.6 Å². The summed E-state index contributed by atoms with van der Waals surface area (Å²) in [5, 5.41) is 0. The number of rotatable bonds is 3. The molecule has 1 aliphatic carbocycles. The largest absolute Gasteiger partial charge is 0.369 e. The minimum absolute atomic E-state index is 0.356. The summed E-state index contributed by atoms with van der Waals surface area (Å²) >= 11 is 0. The molecule has 1 unspecified atom stereocenters. The van der Waals surface area contributed by atoms with Gasteiger partial charge in [0.05, 0.1) is 17.3 Å². The molecule has 4 heteroatoms. The van der Waals surface area contributed by atoms with Gasteiger partial charge in [-0.25, -0.2) is 0 Å². The first-order chi connectivity index (χ1) is 7.68. The Morgan fingerprint density at radius 1 is 1.38 bits per heavy atom. The summed E-state index contributed by atoms with van der Waals surface area (Å²) in [4.78, 5) is 19.7. The summed E-state index contributed by atoms with van der Waals surface area (Å²) in [6.07, 6.45) is 8.46. The molecule has 0 spiro atoms. The third kappa shape index (κ3) is 2.21. The van der Waals surface area contributed by atoms with Crippen LogP contribution in [-0.2, 0) is 4.79 Å². The molecule has 2 rings (SSSR count). The monoisotopic (exact) mass is 219 g/mol. The molecular formula is C12H17N3O. The number of hydrogen-bond acceptors (Lipinski definition) is 3. The van der Waals surface area contributed by atoms with Crippen LogP contribution in [0.15, 0.2) is 12.4 Å². The molecule has 0 radical (unpaired) electrons. The summed E-state index contributed by atoms with van der Waals surface area (Å²) in [7, 11) is 0. The predicted molar refractivity (Wildman–Crippen MR) is 60.9 cm³/mol. The van der Waals surface area contributed by atoms with Crippen molar-refractivity contribution in [3.8, 4) is 0 Å². The Labute approximate surface area is 95.3 Å². The molecule has 1 saturated carbocycles. The van der Waals surface area contributed by atoms with Gasteiger partial charge in [-0.15, -0.1) is 0 Å². The van der Waals surface area contributed by atoms with Crippen molar-refractivity contribution in [2.45, 2.75) is 44.4 Å². The number of nitrogens with zero attached hydrogens (tertiary/aromatic N) is 2. The number of nitrogens with two attached hydrogens (primary N) is 1. The second kappa shape index (κ2) is 4.60. The molecule has 2 N–H and O–H groups in total. The third-order valence-corrected chi connectivity index (χ3v) is 3.34. The van der Waals surface area contributed by atoms with Gasteiger partial charge in [0.25, 0.3) is 0 Å². The average molecular weight is 219 g/mol. The predicted octanol–water partition coefficient (Wildman–Crippen LogP) is 1.72. The molecular weight excluding hydrogens is 202 g/mol. The van der Waals surface area contributed by atoms with E-state index in [1.807, 2.05) is 0 Å². The van der Waals surface area contributed by atoms with Crippen LogP contribution in [0.1, 0.15) is 55.8 Å². The summed E-state index contributed by atoms with van der Waals surface area (Å²) < 4.78 is 0. The highest BCUT2D eigenvalue weighted by Gasteiger charge is 2.19. The molecule has 1 aliphatic rings. The molecule has 0 bridgehead atoms. The average Bonchev–Trinajstić information content (AvgIpc) is 2.81. The molecule has 0 aromatic carbocycles. The Hall–Kier alpha value is -1.45. The van der Waals surface area contributed by atoms with E-state index in [9.17, 15) is 4.79 Å². The van der Waals surface area contributed by atoms with E-state index in [2.05, 4.69) is 9.97 Å². The molecule has 0 saturated heterocycles. The van der Waals surface area contributed by atoms with E-state index in [1.54, 1.807) is 19.3 Å². The number of carbonyl (C=O) groups excluding carboxylic acids is 1. The zero-order valence-electron chi connectivity index (χ0n) is 9.52. The van der Waals surface area contributed by atoms with Crippen molar-refractivity contribution in [2.24, 2.45) is 5.73 Å². The SMILES string of the molecule is CC(C(N)=O)c1cnc(C2CCCC2)cn1. The standard InChI is InChI=1S/C12H17N3O/c1-8(12(13)16)10-6-15-11(7-14-10)9-4-2-3-5-9/h6-9H,2-5H2,1H3,(H2,13,16). The van der Waals surface area contributed by atoms with E-state index in [0.717, 1.165) is 5.69 Å². The Morgan fingerprint density at radius 2 is 2.06 bits per heavy atom. The maximum atomic E-state index is 11.0. The lowest BCUT2D eigenvalue weighted by Crippen LogP contribution is -2.20. The van der Waals surface area contributed by atoms with Crippen LogP contribution in [0.25, 0.3) is 0 Å². The Bertz CT molecular complexity index is 368. The van der Waals surface area contributed by atoms with Crippen molar-refractivity contribution in [3.63, 3.8) is 0 Å². The van der Waals surface area contributed by atoms with Crippen molar-refractivity contribution >= 4 is 5.91 Å². The fourth-order valence-corrected chi connectivity index (χ4v) is 2.15. The van der Waals surface area contributed by atoms with Gasteiger partial charge in [0.2, 0.25) is 5.91 Å². The summed E-state index contributed by atoms with van der Waals surface area (Å²) in [6, 6.07) is 0. The molecule has 0 aliphatic heterocycles. The van der Waals surface area contributed by atoms with Gasteiger partial charge in [-0.2, -0.15) is 0 Å². The van der Waals surface area contributed by atoms with E-state index < -0.39 is 0 Å². The van der Waals surface area contributed by atoms with Gasteiger partial charge in [0.15, 0.2) is 0 Å². The van der Waals surface area contributed by atoms with Crippen LogP contribution in [0, 0.1) is 0 Å². The number of carbonyl (C=O) groups is 1. The van der Waals surface area contributed by atoms with Crippen LogP contribution in [0.5, 0.6) is 0 Å². The van der Waals surface area contributed by atoms with E-state index in [4.69, 9.17) is 5.73 Å². The van der Waals surface area contributed by atoms with E-state index >= 15 is 0 Å². The van der Waals surface area contributed by atoms with Crippen LogP contribution in [0.4, 0.5) is 0 Å². The molecule has 1 amide bonds. The fourth-order valence-electron chi connectivity index (χ4n) is 2.15. The highest BCUT2D eigenvalue weighted by molar-refractivity contribution is 5.80. The highest BCUT2D eigenvalue weighted by atomic mass is 16.1. The minimum Gasteiger partial charge on any atom is -0.369 e. The quantitative estimate of drug-likeness (QED) is 0.841. The second-order valence-corrected chi connectivity index (χ2v) is 4.47. The smallest absolute Gasteiger partial charge is 0.226 e. The molecule has 1 atom stereocenters. The van der Waals surface area contributed by atoms with Crippen LogP contribution in [-0.4, -0.2) is 15.9 Å². The van der Waals surface area contributed by atoms with Crippen LogP contribution in [0.2, 0.25) is 0 Å². The van der Waals surface area contributed by atoms with Crippen molar-refractivity contribution in [3.05, 3.63) is 23.8 Å². The summed E-state index contributed by atoms with van der Waals surface area (Å²) in [6.45, 7) is 1.75. The minimum atomic E-state index is -0.358. The van der Waals surface area contributed by atoms with E-state index in [1.165, 1.54) is 25.7 Å². The zero-order chi connectivity index (χ0) is 11.5. The molecule has 1 fully saturated rings. The van der Waals surface area contributed by atoms with Crippen LogP contribution in [0.3, 0.4) is 0 Å². The normalized spacial score (nSPS) is 18.6. The van der Waals surface area contributed by atoms with Gasteiger partial charge in [-0.1, -0.05) is 12.8 Å². The molecule has 16 heavy (non-hydrogen) atoms. The Morgan fingerprint density at radius 3 is 2.56 bits per heavy atom. The van der Waals surface area contributed by atoms with Gasteiger partial charge in [0, 0.05) is 18.3 Å². The maximum Gasteiger partial charge on any atom is 0.226 e. The van der Waals surface area contributed by atoms with Gasteiger partial charge in [-0.3, -0.25) is 14.8 Å². The lowest BCUT2D eigenvalue weighted by molar-refractivity contribution is -0.119. The first-order valence-electron chi connectivity index (χ1n) is 5.79. The molecule has 1 aromatic heterocycles. The van der Waals surface area contributed by atoms with Crippen molar-refractivity contribution < 1.29 is 4.79 Å². The van der Waals surface area contributed by atoms with Gasteiger partial charge in [0.1, 0.15) is 0 Å².